The van der Waals surface area contributed by atoms with Gasteiger partial charge in [-0.25, -0.2) is 9.29 Å². The van der Waals surface area contributed by atoms with Crippen molar-refractivity contribution in [1.82, 2.24) is 15.1 Å². The summed E-state index contributed by atoms with van der Waals surface area (Å²) in [4.78, 5) is 68.6. The van der Waals surface area contributed by atoms with Gasteiger partial charge < -0.3 is 19.3 Å². The summed E-state index contributed by atoms with van der Waals surface area (Å²) in [5.74, 6) is -1.05. The number of imide groups is 2. The number of carbonyl (C=O) groups excluding carboxylic acids is 5. The van der Waals surface area contributed by atoms with E-state index in [1.54, 1.807) is 42.8 Å². The molecule has 4 aliphatic heterocycles. The lowest BCUT2D eigenvalue weighted by molar-refractivity contribution is -0.136. The summed E-state index contributed by atoms with van der Waals surface area (Å²) in [5.41, 5.74) is 2.91. The number of hydrogen-bond acceptors (Lipinski definition) is 9. The van der Waals surface area contributed by atoms with Crippen LogP contribution in [0.25, 0.3) is 0 Å². The SMILES string of the molecule is COc1ccc(N2C(=O)c3ccsc3C2=O)cc1OCCCCCCCN1CCC(c2cc(F)cc3c2CN(C2CCC(=O)NC2=O)C3=O)CC1. The van der Waals surface area contributed by atoms with Crippen molar-refractivity contribution in [2.75, 3.05) is 38.3 Å². The van der Waals surface area contributed by atoms with Gasteiger partial charge in [0.05, 0.1) is 25.0 Å². The van der Waals surface area contributed by atoms with Crippen molar-refractivity contribution in [3.05, 3.63) is 74.7 Å². The average Bonchev–Trinajstić information content (AvgIpc) is 3.80. The normalized spacial score (nSPS) is 19.5. The number of nitrogens with one attached hydrogen (secondary N) is 1. The van der Waals surface area contributed by atoms with Crippen molar-refractivity contribution in [2.45, 2.75) is 76.3 Å². The first-order chi connectivity index (χ1) is 24.7. The fourth-order valence-corrected chi connectivity index (χ4v) is 8.56. The number of ether oxygens (including phenoxy) is 2. The molecule has 1 aromatic heterocycles. The van der Waals surface area contributed by atoms with Crippen LogP contribution >= 0.6 is 11.3 Å². The van der Waals surface area contributed by atoms with E-state index in [1.165, 1.54) is 27.2 Å². The van der Waals surface area contributed by atoms with Gasteiger partial charge in [0.25, 0.3) is 17.7 Å². The molecule has 2 saturated heterocycles. The second-order valence-corrected chi connectivity index (χ2v) is 14.5. The number of benzene rings is 2. The van der Waals surface area contributed by atoms with E-state index in [2.05, 4.69) is 10.2 Å². The van der Waals surface area contributed by atoms with E-state index in [-0.39, 0.29) is 48.9 Å². The van der Waals surface area contributed by atoms with Gasteiger partial charge in [0.2, 0.25) is 11.8 Å². The molecule has 1 unspecified atom stereocenters. The van der Waals surface area contributed by atoms with Crippen LogP contribution in [0.3, 0.4) is 0 Å². The van der Waals surface area contributed by atoms with Gasteiger partial charge in [0.15, 0.2) is 11.5 Å². The maximum absolute atomic E-state index is 14.8. The summed E-state index contributed by atoms with van der Waals surface area (Å²) in [5, 5.41) is 4.07. The minimum Gasteiger partial charge on any atom is -0.493 e. The van der Waals surface area contributed by atoms with Crippen molar-refractivity contribution in [3.63, 3.8) is 0 Å². The number of hydrogen-bond donors (Lipinski definition) is 1. The summed E-state index contributed by atoms with van der Waals surface area (Å²) in [6.07, 6.45) is 7.32. The molecule has 7 rings (SSSR count). The number of likely N-dealkylation sites (tertiary alicyclic amines) is 1. The van der Waals surface area contributed by atoms with E-state index in [0.29, 0.717) is 39.8 Å². The van der Waals surface area contributed by atoms with Crippen LogP contribution in [0.1, 0.15) is 105 Å². The fraction of sp³-hybridized carbons (Fsp3) is 0.447. The Labute approximate surface area is 299 Å². The molecule has 51 heavy (non-hydrogen) atoms. The zero-order chi connectivity index (χ0) is 35.6. The van der Waals surface area contributed by atoms with Crippen LogP contribution in [0.5, 0.6) is 11.5 Å². The van der Waals surface area contributed by atoms with Crippen molar-refractivity contribution in [1.29, 1.82) is 0 Å². The first-order valence-corrected chi connectivity index (χ1v) is 18.6. The Morgan fingerprint density at radius 3 is 2.41 bits per heavy atom. The van der Waals surface area contributed by atoms with Crippen LogP contribution in [0.2, 0.25) is 0 Å². The highest BCUT2D eigenvalue weighted by Gasteiger charge is 2.41. The third-order valence-electron chi connectivity index (χ3n) is 10.5. The Morgan fingerprint density at radius 1 is 0.863 bits per heavy atom. The number of nitrogens with zero attached hydrogens (tertiary/aromatic N) is 3. The van der Waals surface area contributed by atoms with Crippen LogP contribution in [0.15, 0.2) is 41.8 Å². The van der Waals surface area contributed by atoms with E-state index >= 15 is 0 Å². The predicted octanol–water partition coefficient (Wildman–Crippen LogP) is 5.67. The van der Waals surface area contributed by atoms with E-state index in [0.717, 1.165) is 75.7 Å². The molecule has 3 aromatic rings. The number of amides is 5. The quantitative estimate of drug-likeness (QED) is 0.177. The zero-order valence-corrected chi connectivity index (χ0v) is 29.4. The molecule has 11 nitrogen and oxygen atoms in total. The summed E-state index contributed by atoms with van der Waals surface area (Å²) in [7, 11) is 1.56. The van der Waals surface area contributed by atoms with Gasteiger partial charge in [-0.3, -0.25) is 29.3 Å². The molecule has 0 saturated carbocycles. The Morgan fingerprint density at radius 2 is 1.65 bits per heavy atom. The van der Waals surface area contributed by atoms with Gasteiger partial charge in [-0.15, -0.1) is 11.3 Å². The van der Waals surface area contributed by atoms with Gasteiger partial charge in [-0.1, -0.05) is 19.3 Å². The molecule has 0 spiro atoms. The van der Waals surface area contributed by atoms with E-state index in [4.69, 9.17) is 9.47 Å². The number of fused-ring (bicyclic) bond motifs is 2. The van der Waals surface area contributed by atoms with Gasteiger partial charge >= 0.3 is 0 Å². The number of anilines is 1. The van der Waals surface area contributed by atoms with Gasteiger partial charge in [0, 0.05) is 24.6 Å². The molecular weight excluding hydrogens is 676 g/mol. The van der Waals surface area contributed by atoms with Crippen molar-refractivity contribution in [3.8, 4) is 11.5 Å². The highest BCUT2D eigenvalue weighted by Crippen LogP contribution is 2.39. The molecule has 1 atom stereocenters. The molecule has 5 heterocycles. The van der Waals surface area contributed by atoms with E-state index < -0.39 is 17.8 Å². The van der Waals surface area contributed by atoms with Crippen LogP contribution in [-0.2, 0) is 16.1 Å². The second kappa shape index (κ2) is 14.9. The summed E-state index contributed by atoms with van der Waals surface area (Å²) < 4.78 is 26.2. The maximum Gasteiger partial charge on any atom is 0.276 e. The summed E-state index contributed by atoms with van der Waals surface area (Å²) in [6, 6.07) is 8.89. The lowest BCUT2D eigenvalue weighted by atomic mass is 9.85. The fourth-order valence-electron chi connectivity index (χ4n) is 7.74. The Bertz CT molecular complexity index is 1840. The molecular formula is C38H41FN4O7S. The predicted molar refractivity (Wildman–Crippen MR) is 188 cm³/mol. The van der Waals surface area contributed by atoms with Crippen LogP contribution in [0, 0.1) is 5.82 Å². The smallest absolute Gasteiger partial charge is 0.276 e. The highest BCUT2D eigenvalue weighted by atomic mass is 32.1. The number of thiophene rings is 1. The van der Waals surface area contributed by atoms with E-state index in [9.17, 15) is 28.4 Å². The topological polar surface area (TPSA) is 126 Å². The lowest BCUT2D eigenvalue weighted by Gasteiger charge is -2.33. The number of carbonyl (C=O) groups is 5. The van der Waals surface area contributed by atoms with Crippen LogP contribution in [0.4, 0.5) is 10.1 Å². The Hall–Kier alpha value is -4.62. The van der Waals surface area contributed by atoms with E-state index in [1.807, 2.05) is 0 Å². The standard InChI is InChI=1S/C38H41FN4O7S/c1-49-31-9-7-25(43-37(47)26-13-18-51-34(26)38(43)48)21-32(31)50-17-6-4-2-3-5-14-41-15-11-23(12-16-41)27-19-24(39)20-28-29(27)22-42(36(28)46)30-8-10-33(44)40-35(30)45/h7,9,13,18-21,23,30H,2-6,8,10-12,14-17,22H2,1H3,(H,40,44,45). The molecule has 0 aliphatic carbocycles. The number of piperidine rings is 2. The third-order valence-corrected chi connectivity index (χ3v) is 11.4. The lowest BCUT2D eigenvalue weighted by Crippen LogP contribution is -2.52. The number of unbranched alkanes of at least 4 members (excludes halogenated alkanes) is 4. The molecule has 0 radical (unpaired) electrons. The summed E-state index contributed by atoms with van der Waals surface area (Å²) >= 11 is 1.26. The average molecular weight is 717 g/mol. The van der Waals surface area contributed by atoms with Gasteiger partial charge in [-0.2, -0.15) is 0 Å². The molecule has 0 bridgehead atoms. The van der Waals surface area contributed by atoms with Gasteiger partial charge in [0.1, 0.15) is 16.7 Å². The minimum atomic E-state index is -0.717. The van der Waals surface area contributed by atoms with Crippen molar-refractivity contribution < 1.29 is 37.8 Å². The van der Waals surface area contributed by atoms with Crippen LogP contribution in [-0.4, -0.2) is 78.7 Å². The highest BCUT2D eigenvalue weighted by molar-refractivity contribution is 7.13. The first kappa shape index (κ1) is 34.8. The van der Waals surface area contributed by atoms with Crippen molar-refractivity contribution in [2.24, 2.45) is 0 Å². The van der Waals surface area contributed by atoms with Crippen LogP contribution < -0.4 is 19.7 Å². The number of rotatable bonds is 13. The Balaban J connectivity index is 0.828. The molecule has 13 heteroatoms. The largest absolute Gasteiger partial charge is 0.493 e. The molecule has 268 valence electrons. The zero-order valence-electron chi connectivity index (χ0n) is 28.6. The third kappa shape index (κ3) is 7.01. The Kier molecular flexibility index (Phi) is 10.2. The molecule has 5 amide bonds. The summed E-state index contributed by atoms with van der Waals surface area (Å²) in [6.45, 7) is 3.55. The number of halogens is 1. The molecule has 2 aromatic carbocycles. The molecule has 2 fully saturated rings. The first-order valence-electron chi connectivity index (χ1n) is 17.7. The minimum absolute atomic E-state index is 0.143. The second-order valence-electron chi connectivity index (χ2n) is 13.6. The van der Waals surface area contributed by atoms with Crippen molar-refractivity contribution >= 4 is 46.6 Å². The monoisotopic (exact) mass is 716 g/mol. The maximum atomic E-state index is 14.8. The molecule has 4 aliphatic rings. The molecule has 1 N–H and O–H groups in total. The number of methoxy groups -OCH3 is 1. The van der Waals surface area contributed by atoms with Gasteiger partial charge in [-0.05, 0) is 104 Å².